The molecule has 1 aromatic heterocycles. The molecule has 7 heteroatoms. The van der Waals surface area contributed by atoms with Crippen LogP contribution in [-0.4, -0.2) is 30.6 Å². The van der Waals surface area contributed by atoms with Crippen molar-refractivity contribution < 1.29 is 9.15 Å². The number of aliphatic imine (C=N–C) groups is 1. The molecule has 0 unspecified atom stereocenters. The van der Waals surface area contributed by atoms with Gasteiger partial charge in [-0.25, -0.2) is 9.98 Å². The van der Waals surface area contributed by atoms with Gasteiger partial charge >= 0.3 is 0 Å². The molecule has 0 radical (unpaired) electrons. The predicted molar refractivity (Wildman–Crippen MR) is 127 cm³/mol. The van der Waals surface area contributed by atoms with Gasteiger partial charge in [-0.1, -0.05) is 30.3 Å². The van der Waals surface area contributed by atoms with Gasteiger partial charge in [0.05, 0.1) is 13.1 Å². The highest BCUT2D eigenvalue weighted by atomic mass is 127. The molecule has 6 nitrogen and oxygen atoms in total. The average molecular weight is 506 g/mol. The molecule has 0 bridgehead atoms. The van der Waals surface area contributed by atoms with Crippen LogP contribution < -0.4 is 15.4 Å². The fourth-order valence-corrected chi connectivity index (χ4v) is 2.64. The second kappa shape index (κ2) is 12.1. The van der Waals surface area contributed by atoms with Crippen LogP contribution >= 0.6 is 24.0 Å². The van der Waals surface area contributed by atoms with E-state index in [9.17, 15) is 0 Å². The molecular formula is C22H27IN4O2. The molecular weight excluding hydrogens is 479 g/mol. The maximum atomic E-state index is 5.76. The Labute approximate surface area is 188 Å². The lowest BCUT2D eigenvalue weighted by atomic mass is 10.2. The Kier molecular flexibility index (Phi) is 9.49. The van der Waals surface area contributed by atoms with Gasteiger partial charge in [-0.2, -0.15) is 0 Å². The summed E-state index contributed by atoms with van der Waals surface area (Å²) in [5.41, 5.74) is 2.92. The van der Waals surface area contributed by atoms with E-state index in [1.165, 1.54) is 5.56 Å². The van der Waals surface area contributed by atoms with Gasteiger partial charge in [-0.15, -0.1) is 24.0 Å². The van der Waals surface area contributed by atoms with Crippen molar-refractivity contribution in [1.82, 2.24) is 15.6 Å². The second-order valence-corrected chi connectivity index (χ2v) is 6.30. The topological polar surface area (TPSA) is 71.7 Å². The van der Waals surface area contributed by atoms with Gasteiger partial charge in [0.15, 0.2) is 5.96 Å². The Morgan fingerprint density at radius 2 is 1.93 bits per heavy atom. The van der Waals surface area contributed by atoms with Gasteiger partial charge in [-0.05, 0) is 43.7 Å². The number of aromatic nitrogens is 1. The van der Waals surface area contributed by atoms with Crippen molar-refractivity contribution in [3.8, 4) is 17.2 Å². The van der Waals surface area contributed by atoms with E-state index in [-0.39, 0.29) is 24.0 Å². The Morgan fingerprint density at radius 3 is 2.69 bits per heavy atom. The molecule has 3 aromatic rings. The number of hydrogen-bond donors (Lipinski definition) is 2. The highest BCUT2D eigenvalue weighted by Gasteiger charge is 2.06. The minimum absolute atomic E-state index is 0. The molecule has 2 N–H and O–H groups in total. The molecule has 0 spiro atoms. The first-order chi connectivity index (χ1) is 13.7. The van der Waals surface area contributed by atoms with Crippen LogP contribution in [0.5, 0.6) is 5.75 Å². The van der Waals surface area contributed by atoms with Crippen LogP contribution in [0.15, 0.2) is 70.3 Å². The van der Waals surface area contributed by atoms with Crippen molar-refractivity contribution in [2.24, 2.45) is 4.99 Å². The fourth-order valence-electron chi connectivity index (χ4n) is 2.64. The summed E-state index contributed by atoms with van der Waals surface area (Å²) >= 11 is 0. The molecule has 0 aliphatic rings. The summed E-state index contributed by atoms with van der Waals surface area (Å²) < 4.78 is 11.3. The molecule has 1 heterocycles. The Balaban J connectivity index is 0.00000300. The number of oxazole rings is 1. The SMILES string of the molecule is CCNC(=NCc1coc(-c2ccccc2)n1)NCCOc1cccc(C)c1.I. The number of guanidine groups is 1. The summed E-state index contributed by atoms with van der Waals surface area (Å²) in [7, 11) is 0. The highest BCUT2D eigenvalue weighted by Crippen LogP contribution is 2.18. The summed E-state index contributed by atoms with van der Waals surface area (Å²) in [6.07, 6.45) is 1.65. The third-order valence-electron chi connectivity index (χ3n) is 3.97. The molecule has 0 saturated heterocycles. The molecule has 0 aliphatic carbocycles. The number of nitrogens with zero attached hydrogens (tertiary/aromatic N) is 2. The summed E-state index contributed by atoms with van der Waals surface area (Å²) in [5.74, 6) is 2.20. The number of halogens is 1. The van der Waals surface area contributed by atoms with Gasteiger partial charge < -0.3 is 19.8 Å². The zero-order chi connectivity index (χ0) is 19.6. The van der Waals surface area contributed by atoms with Crippen molar-refractivity contribution in [2.45, 2.75) is 20.4 Å². The zero-order valence-electron chi connectivity index (χ0n) is 16.7. The van der Waals surface area contributed by atoms with Crippen molar-refractivity contribution in [1.29, 1.82) is 0 Å². The molecule has 154 valence electrons. The average Bonchev–Trinajstić information content (AvgIpc) is 3.19. The van der Waals surface area contributed by atoms with Crippen molar-refractivity contribution in [3.05, 3.63) is 72.1 Å². The molecule has 29 heavy (non-hydrogen) atoms. The highest BCUT2D eigenvalue weighted by molar-refractivity contribution is 14.0. The van der Waals surface area contributed by atoms with E-state index in [1.807, 2.05) is 68.4 Å². The molecule has 0 saturated carbocycles. The largest absolute Gasteiger partial charge is 0.492 e. The lowest BCUT2D eigenvalue weighted by Gasteiger charge is -2.12. The number of nitrogens with one attached hydrogen (secondary N) is 2. The van der Waals surface area contributed by atoms with Gasteiger partial charge in [0.25, 0.3) is 0 Å². The fraction of sp³-hybridized carbons (Fsp3) is 0.273. The minimum Gasteiger partial charge on any atom is -0.492 e. The van der Waals surface area contributed by atoms with Gasteiger partial charge in [-0.3, -0.25) is 0 Å². The lowest BCUT2D eigenvalue weighted by Crippen LogP contribution is -2.39. The molecule has 0 amide bonds. The standard InChI is InChI=1S/C22H26N4O2.HI/c1-3-23-22(24-12-13-27-20-11-7-8-17(2)14-20)25-15-19-16-28-21(26-19)18-9-5-4-6-10-18;/h4-11,14,16H,3,12-13,15H2,1-2H3,(H2,23,24,25);1H. The quantitative estimate of drug-likeness (QED) is 0.205. The number of hydrogen-bond acceptors (Lipinski definition) is 4. The molecule has 0 atom stereocenters. The summed E-state index contributed by atoms with van der Waals surface area (Å²) in [4.78, 5) is 9.07. The van der Waals surface area contributed by atoms with Gasteiger partial charge in [0.1, 0.15) is 24.3 Å². The number of ether oxygens (including phenoxy) is 1. The zero-order valence-corrected chi connectivity index (χ0v) is 19.1. The molecule has 3 rings (SSSR count). The molecule has 2 aromatic carbocycles. The van der Waals surface area contributed by atoms with Crippen molar-refractivity contribution >= 4 is 29.9 Å². The number of rotatable bonds is 8. The van der Waals surface area contributed by atoms with E-state index in [0.717, 1.165) is 29.5 Å². The monoisotopic (exact) mass is 506 g/mol. The second-order valence-electron chi connectivity index (χ2n) is 6.30. The summed E-state index contributed by atoms with van der Waals surface area (Å²) in [6, 6.07) is 17.9. The van der Waals surface area contributed by atoms with E-state index in [2.05, 4.69) is 20.6 Å². The van der Waals surface area contributed by atoms with E-state index in [0.29, 0.717) is 25.6 Å². The number of aryl methyl sites for hydroxylation is 1. The first kappa shape index (κ1) is 22.7. The first-order valence-corrected chi connectivity index (χ1v) is 9.46. The van der Waals surface area contributed by atoms with Gasteiger partial charge in [0.2, 0.25) is 5.89 Å². The van der Waals surface area contributed by atoms with Crippen LogP contribution in [0.1, 0.15) is 18.2 Å². The third kappa shape index (κ3) is 7.41. The Morgan fingerprint density at radius 1 is 1.10 bits per heavy atom. The summed E-state index contributed by atoms with van der Waals surface area (Å²) in [6.45, 7) is 6.49. The van der Waals surface area contributed by atoms with E-state index in [4.69, 9.17) is 9.15 Å². The molecule has 0 aliphatic heterocycles. The van der Waals surface area contributed by atoms with Crippen LogP contribution in [0, 0.1) is 6.92 Å². The predicted octanol–water partition coefficient (Wildman–Crippen LogP) is 4.40. The van der Waals surface area contributed by atoms with Crippen molar-refractivity contribution in [2.75, 3.05) is 19.7 Å². The minimum atomic E-state index is 0. The van der Waals surface area contributed by atoms with E-state index < -0.39 is 0 Å². The number of benzene rings is 2. The van der Waals surface area contributed by atoms with Crippen LogP contribution in [0.4, 0.5) is 0 Å². The lowest BCUT2D eigenvalue weighted by molar-refractivity contribution is 0.321. The maximum Gasteiger partial charge on any atom is 0.226 e. The van der Waals surface area contributed by atoms with Gasteiger partial charge in [0, 0.05) is 12.1 Å². The van der Waals surface area contributed by atoms with E-state index >= 15 is 0 Å². The first-order valence-electron chi connectivity index (χ1n) is 9.46. The Hall–Kier alpha value is -2.55. The van der Waals surface area contributed by atoms with Crippen LogP contribution in [0.25, 0.3) is 11.5 Å². The van der Waals surface area contributed by atoms with Crippen LogP contribution in [0.2, 0.25) is 0 Å². The van der Waals surface area contributed by atoms with Crippen LogP contribution in [0.3, 0.4) is 0 Å². The normalized spacial score (nSPS) is 10.9. The maximum absolute atomic E-state index is 5.76. The summed E-state index contributed by atoms with van der Waals surface area (Å²) in [5, 5.41) is 6.49. The van der Waals surface area contributed by atoms with E-state index in [1.54, 1.807) is 6.26 Å². The Bertz CT molecular complexity index is 897. The third-order valence-corrected chi connectivity index (χ3v) is 3.97. The molecule has 0 fully saturated rings. The van der Waals surface area contributed by atoms with Crippen LogP contribution in [-0.2, 0) is 6.54 Å². The van der Waals surface area contributed by atoms with Crippen molar-refractivity contribution in [3.63, 3.8) is 0 Å². The smallest absolute Gasteiger partial charge is 0.226 e.